The summed E-state index contributed by atoms with van der Waals surface area (Å²) in [6.07, 6.45) is 0.207. The number of rotatable bonds is 6. The molecule has 0 bridgehead atoms. The Balaban J connectivity index is 2.24. The standard InChI is InChI=1S/C22H26BrClN2O2/c1-15(21(28)25-22(2,3)4)26(14-17-6-5-7-18(23)12-17)20(27)13-16-8-10-19(24)11-9-16/h5-12,15H,13-14H2,1-4H3,(H,25,28)/t15-/m1/s1. The lowest BCUT2D eigenvalue weighted by atomic mass is 10.1. The summed E-state index contributed by atoms with van der Waals surface area (Å²) in [4.78, 5) is 27.4. The van der Waals surface area contributed by atoms with Crippen molar-refractivity contribution < 1.29 is 9.59 Å². The van der Waals surface area contributed by atoms with Gasteiger partial charge in [0.05, 0.1) is 6.42 Å². The molecule has 2 aromatic carbocycles. The fourth-order valence-corrected chi connectivity index (χ4v) is 3.34. The molecule has 0 radical (unpaired) electrons. The highest BCUT2D eigenvalue weighted by Gasteiger charge is 2.28. The van der Waals surface area contributed by atoms with E-state index in [4.69, 9.17) is 11.6 Å². The summed E-state index contributed by atoms with van der Waals surface area (Å²) >= 11 is 9.39. The molecule has 0 fully saturated rings. The number of amides is 2. The van der Waals surface area contributed by atoms with Crippen molar-refractivity contribution >= 4 is 39.3 Å². The van der Waals surface area contributed by atoms with E-state index in [0.717, 1.165) is 15.6 Å². The Labute approximate surface area is 180 Å². The van der Waals surface area contributed by atoms with E-state index < -0.39 is 6.04 Å². The van der Waals surface area contributed by atoms with E-state index in [1.54, 1.807) is 24.0 Å². The number of carbonyl (C=O) groups excluding carboxylic acids is 2. The molecule has 0 aliphatic rings. The second kappa shape index (κ2) is 9.57. The van der Waals surface area contributed by atoms with Crippen LogP contribution in [0.4, 0.5) is 0 Å². The molecule has 2 amide bonds. The van der Waals surface area contributed by atoms with Crippen LogP contribution in [-0.2, 0) is 22.6 Å². The minimum absolute atomic E-state index is 0.112. The summed E-state index contributed by atoms with van der Waals surface area (Å²) in [6.45, 7) is 7.88. The molecule has 1 atom stereocenters. The maximum atomic E-state index is 13.1. The molecular weight excluding hydrogens is 440 g/mol. The van der Waals surface area contributed by atoms with Crippen molar-refractivity contribution in [1.82, 2.24) is 10.2 Å². The first kappa shape index (κ1) is 22.4. The van der Waals surface area contributed by atoms with Crippen LogP contribution in [0.5, 0.6) is 0 Å². The van der Waals surface area contributed by atoms with Gasteiger partial charge in [-0.25, -0.2) is 0 Å². The lowest BCUT2D eigenvalue weighted by molar-refractivity contribution is -0.140. The number of hydrogen-bond donors (Lipinski definition) is 1. The van der Waals surface area contributed by atoms with Crippen LogP contribution in [0.3, 0.4) is 0 Å². The zero-order valence-corrected chi connectivity index (χ0v) is 19.0. The van der Waals surface area contributed by atoms with Gasteiger partial charge >= 0.3 is 0 Å². The SMILES string of the molecule is C[C@H](C(=O)NC(C)(C)C)N(Cc1cccc(Br)c1)C(=O)Cc1ccc(Cl)cc1. The molecule has 0 spiro atoms. The first-order chi connectivity index (χ1) is 13.0. The van der Waals surface area contributed by atoms with Crippen LogP contribution in [-0.4, -0.2) is 28.3 Å². The van der Waals surface area contributed by atoms with E-state index in [1.165, 1.54) is 0 Å². The number of hydrogen-bond acceptors (Lipinski definition) is 2. The third-order valence-electron chi connectivity index (χ3n) is 4.18. The van der Waals surface area contributed by atoms with Crippen LogP contribution < -0.4 is 5.32 Å². The van der Waals surface area contributed by atoms with Crippen LogP contribution in [0.1, 0.15) is 38.8 Å². The number of nitrogens with zero attached hydrogens (tertiary/aromatic N) is 1. The summed E-state index contributed by atoms with van der Waals surface area (Å²) in [5.74, 6) is -0.286. The molecule has 28 heavy (non-hydrogen) atoms. The van der Waals surface area contributed by atoms with E-state index in [2.05, 4.69) is 21.2 Å². The van der Waals surface area contributed by atoms with Crippen LogP contribution in [0.15, 0.2) is 53.0 Å². The second-order valence-electron chi connectivity index (χ2n) is 7.87. The molecule has 0 saturated carbocycles. The zero-order chi connectivity index (χ0) is 20.9. The molecule has 0 saturated heterocycles. The Kier molecular flexibility index (Phi) is 7.67. The Morgan fingerprint density at radius 1 is 1.11 bits per heavy atom. The van der Waals surface area contributed by atoms with Gasteiger partial charge in [-0.1, -0.05) is 51.8 Å². The number of carbonyl (C=O) groups is 2. The fourth-order valence-electron chi connectivity index (χ4n) is 2.77. The Morgan fingerprint density at radius 3 is 2.32 bits per heavy atom. The third-order valence-corrected chi connectivity index (χ3v) is 4.92. The molecule has 6 heteroatoms. The summed E-state index contributed by atoms with van der Waals surface area (Å²) in [7, 11) is 0. The van der Waals surface area contributed by atoms with Gasteiger partial charge in [0.2, 0.25) is 11.8 Å². The Hall–Kier alpha value is -1.85. The summed E-state index contributed by atoms with van der Waals surface area (Å²) in [5.41, 5.74) is 1.44. The van der Waals surface area contributed by atoms with Crippen molar-refractivity contribution in [1.29, 1.82) is 0 Å². The minimum atomic E-state index is -0.599. The molecule has 150 valence electrons. The topological polar surface area (TPSA) is 49.4 Å². The second-order valence-corrected chi connectivity index (χ2v) is 9.22. The van der Waals surface area contributed by atoms with Gasteiger partial charge in [-0.05, 0) is 63.1 Å². The van der Waals surface area contributed by atoms with Gasteiger partial charge in [-0.2, -0.15) is 0 Å². The largest absolute Gasteiger partial charge is 0.350 e. The average molecular weight is 466 g/mol. The predicted molar refractivity (Wildman–Crippen MR) is 117 cm³/mol. The van der Waals surface area contributed by atoms with E-state index >= 15 is 0 Å². The van der Waals surface area contributed by atoms with Crippen LogP contribution in [0, 0.1) is 0 Å². The molecule has 0 unspecified atom stereocenters. The molecule has 0 heterocycles. The molecule has 2 rings (SSSR count). The first-order valence-corrected chi connectivity index (χ1v) is 10.3. The average Bonchev–Trinajstić information content (AvgIpc) is 2.59. The summed E-state index contributed by atoms with van der Waals surface area (Å²) in [5, 5.41) is 3.59. The van der Waals surface area contributed by atoms with Gasteiger partial charge in [0, 0.05) is 21.6 Å². The highest BCUT2D eigenvalue weighted by molar-refractivity contribution is 9.10. The monoisotopic (exact) mass is 464 g/mol. The van der Waals surface area contributed by atoms with Crippen LogP contribution in [0.2, 0.25) is 5.02 Å². The molecule has 4 nitrogen and oxygen atoms in total. The van der Waals surface area contributed by atoms with Crippen molar-refractivity contribution in [2.75, 3.05) is 0 Å². The first-order valence-electron chi connectivity index (χ1n) is 9.15. The highest BCUT2D eigenvalue weighted by Crippen LogP contribution is 2.17. The van der Waals surface area contributed by atoms with E-state index in [1.807, 2.05) is 57.2 Å². The van der Waals surface area contributed by atoms with Crippen LogP contribution >= 0.6 is 27.5 Å². The number of nitrogens with one attached hydrogen (secondary N) is 1. The molecule has 0 aromatic heterocycles. The Morgan fingerprint density at radius 2 is 1.75 bits per heavy atom. The van der Waals surface area contributed by atoms with Gasteiger partial charge in [-0.3, -0.25) is 9.59 Å². The lowest BCUT2D eigenvalue weighted by Crippen LogP contribution is -2.52. The van der Waals surface area contributed by atoms with Crippen molar-refractivity contribution in [2.24, 2.45) is 0 Å². The highest BCUT2D eigenvalue weighted by atomic mass is 79.9. The minimum Gasteiger partial charge on any atom is -0.350 e. The van der Waals surface area contributed by atoms with E-state index in [-0.39, 0.29) is 23.8 Å². The summed E-state index contributed by atoms with van der Waals surface area (Å²) < 4.78 is 0.932. The van der Waals surface area contributed by atoms with Gasteiger partial charge in [0.15, 0.2) is 0 Å². The Bertz CT molecular complexity index is 831. The predicted octanol–water partition coefficient (Wildman–Crippen LogP) is 4.98. The molecule has 0 aliphatic carbocycles. The molecular formula is C22H26BrClN2O2. The van der Waals surface area contributed by atoms with Crippen molar-refractivity contribution in [3.8, 4) is 0 Å². The maximum Gasteiger partial charge on any atom is 0.242 e. The molecule has 0 aliphatic heterocycles. The van der Waals surface area contributed by atoms with Crippen LogP contribution in [0.25, 0.3) is 0 Å². The smallest absolute Gasteiger partial charge is 0.242 e. The zero-order valence-electron chi connectivity index (χ0n) is 16.6. The van der Waals surface area contributed by atoms with Gasteiger partial charge in [0.1, 0.15) is 6.04 Å². The fraction of sp³-hybridized carbons (Fsp3) is 0.364. The van der Waals surface area contributed by atoms with Gasteiger partial charge < -0.3 is 10.2 Å². The van der Waals surface area contributed by atoms with E-state index in [9.17, 15) is 9.59 Å². The molecule has 1 N–H and O–H groups in total. The van der Waals surface area contributed by atoms with Crippen molar-refractivity contribution in [2.45, 2.75) is 52.2 Å². The quantitative estimate of drug-likeness (QED) is 0.654. The molecule has 2 aromatic rings. The number of benzene rings is 2. The number of halogens is 2. The van der Waals surface area contributed by atoms with E-state index in [0.29, 0.717) is 11.6 Å². The maximum absolute atomic E-state index is 13.1. The normalized spacial score (nSPS) is 12.4. The third kappa shape index (κ3) is 6.95. The van der Waals surface area contributed by atoms with Crippen molar-refractivity contribution in [3.05, 3.63) is 69.2 Å². The summed E-state index contributed by atoms with van der Waals surface area (Å²) in [6, 6.07) is 14.3. The lowest BCUT2D eigenvalue weighted by Gasteiger charge is -2.31. The van der Waals surface area contributed by atoms with Gasteiger partial charge in [0.25, 0.3) is 0 Å². The van der Waals surface area contributed by atoms with Crippen molar-refractivity contribution in [3.63, 3.8) is 0 Å². The van der Waals surface area contributed by atoms with Gasteiger partial charge in [-0.15, -0.1) is 0 Å².